The molecule has 4 heterocycles. The molecule has 530 valence electrons. The van der Waals surface area contributed by atoms with Crippen LogP contribution in [0.5, 0.6) is 0 Å². The van der Waals surface area contributed by atoms with Crippen molar-refractivity contribution in [2.45, 2.75) is 167 Å². The summed E-state index contributed by atoms with van der Waals surface area (Å²) in [5.41, 5.74) is 15.5. The number of aromatic nitrogens is 4. The fraction of sp³-hybridized carbons (Fsp3) is 0.440. The van der Waals surface area contributed by atoms with Crippen molar-refractivity contribution in [3.05, 3.63) is 209 Å². The Labute approximate surface area is 599 Å². The van der Waals surface area contributed by atoms with Crippen molar-refractivity contribution in [3.63, 3.8) is 0 Å². The van der Waals surface area contributed by atoms with Crippen molar-refractivity contribution < 1.29 is 38.2 Å². The standard InChI is InChI=1S/C38H50N6O4S2.C37H48N6O4S2/c1-27(2)36-41-32(25-49-36)23-44(4)37(46)43-34(17-18-39-3)35(45)21-30(19-28-11-7-5-8-12-28)15-16-31(20-29-13-9-6-10-14-29)42-38(47)48-24-33-22-40-26-50-33;1-26(2)35-40-31(24-48-35)22-43(3)36(45)42-33(16-17-38)34(44)20-29(18-27-10-6-4-7-11-27)14-15-30(19-28-12-8-5-9-13-28)41-37(46)47-23-32-21-39-25-49-32/h5-14,22,25-27,30-31,34,39H,15-21,23-24H2,1-4H3,(H,42,47)(H,43,46);4-13,21,24-26,29-30,33H,14-20,22-23,38H2,1-3H3,(H,41,46)(H,42,45). The van der Waals surface area contributed by atoms with E-state index >= 15 is 0 Å². The summed E-state index contributed by atoms with van der Waals surface area (Å²) in [6.07, 6.45) is 9.10. The van der Waals surface area contributed by atoms with Gasteiger partial charge in [0.05, 0.1) is 67.4 Å². The lowest BCUT2D eigenvalue weighted by Crippen LogP contribution is -2.47. The third kappa shape index (κ3) is 28.9. The molecule has 0 saturated carbocycles. The molecule has 8 rings (SSSR count). The minimum absolute atomic E-state index is 0.00443. The van der Waals surface area contributed by atoms with E-state index in [-0.39, 0.29) is 73.7 Å². The van der Waals surface area contributed by atoms with Crippen molar-refractivity contribution >= 4 is 81.2 Å². The van der Waals surface area contributed by atoms with Gasteiger partial charge < -0.3 is 51.6 Å². The zero-order valence-electron chi connectivity index (χ0n) is 58.0. The maximum absolute atomic E-state index is 14.0. The van der Waals surface area contributed by atoms with Crippen molar-refractivity contribution in [2.24, 2.45) is 17.6 Å². The van der Waals surface area contributed by atoms with Gasteiger partial charge in [0.25, 0.3) is 0 Å². The number of Topliss-reactive ketones (excluding diaryl/α,β-unsaturated/α-hetero) is 2. The summed E-state index contributed by atoms with van der Waals surface area (Å²) >= 11 is 6.05. The number of ether oxygens (including phenoxy) is 2. The molecule has 4 aromatic carbocycles. The number of alkyl carbamates (subject to hydrolysis) is 2. The number of nitrogens with two attached hydrogens (primary N) is 1. The maximum Gasteiger partial charge on any atom is 0.407 e. The van der Waals surface area contributed by atoms with E-state index in [0.717, 1.165) is 53.4 Å². The number of ketones is 2. The number of hydrogen-bond donors (Lipinski definition) is 6. The predicted molar refractivity (Wildman–Crippen MR) is 396 cm³/mol. The molecule has 6 unspecified atom stereocenters. The number of thiazole rings is 4. The van der Waals surface area contributed by atoms with Crippen LogP contribution < -0.4 is 32.3 Å². The molecule has 0 aliphatic rings. The summed E-state index contributed by atoms with van der Waals surface area (Å²) < 4.78 is 11.0. The van der Waals surface area contributed by atoms with Gasteiger partial charge in [-0.1, -0.05) is 149 Å². The van der Waals surface area contributed by atoms with E-state index in [1.165, 1.54) is 22.7 Å². The minimum atomic E-state index is -0.708. The first-order valence-corrected chi connectivity index (χ1v) is 37.5. The first kappa shape index (κ1) is 78.1. The summed E-state index contributed by atoms with van der Waals surface area (Å²) in [6.45, 7) is 10.3. The number of carbonyl (C=O) groups is 6. The SMILES string of the molecule is CC(C)c1nc(CN(C)C(=O)NC(CCN)C(=O)CC(CCC(Cc2ccccc2)NC(=O)OCc2cncs2)Cc2ccccc2)cs1.CNCCC(NC(=O)N(C)Cc1csc(C(C)C)n1)C(=O)CC(CCC(Cc1ccccc1)NC(=O)OCc1cncs1)Cc1ccccc1. The zero-order chi connectivity index (χ0) is 70.7. The molecule has 0 bridgehead atoms. The van der Waals surface area contributed by atoms with Gasteiger partial charge in [-0.25, -0.2) is 29.1 Å². The molecule has 8 aromatic rings. The quantitative estimate of drug-likeness (QED) is 0.0209. The summed E-state index contributed by atoms with van der Waals surface area (Å²) in [6, 6.07) is 37.9. The summed E-state index contributed by atoms with van der Waals surface area (Å²) in [5.74, 6) is 0.556. The highest BCUT2D eigenvalue weighted by atomic mass is 32.1. The smallest absolute Gasteiger partial charge is 0.407 e. The molecular weight excluding hydrogens is 1330 g/mol. The van der Waals surface area contributed by atoms with Gasteiger partial charge in [0.15, 0.2) is 11.6 Å². The van der Waals surface area contributed by atoms with Gasteiger partial charge in [-0.2, -0.15) is 0 Å². The van der Waals surface area contributed by atoms with Gasteiger partial charge in [-0.3, -0.25) is 19.6 Å². The van der Waals surface area contributed by atoms with Crippen LogP contribution in [0.1, 0.15) is 144 Å². The van der Waals surface area contributed by atoms with E-state index in [4.69, 9.17) is 15.2 Å². The van der Waals surface area contributed by atoms with Crippen LogP contribution >= 0.6 is 45.3 Å². The van der Waals surface area contributed by atoms with E-state index in [1.54, 1.807) is 70.0 Å². The first-order chi connectivity index (χ1) is 47.9. The highest BCUT2D eigenvalue weighted by molar-refractivity contribution is 7.10. The zero-order valence-corrected chi connectivity index (χ0v) is 61.3. The Kier molecular flexibility index (Phi) is 33.6. The third-order valence-corrected chi connectivity index (χ3v) is 20.5. The van der Waals surface area contributed by atoms with E-state index in [1.807, 2.05) is 115 Å². The van der Waals surface area contributed by atoms with Crippen LogP contribution in [0.4, 0.5) is 19.2 Å². The molecule has 0 radical (unpaired) electrons. The Hall–Kier alpha value is -8.26. The monoisotopic (exact) mass is 1420 g/mol. The highest BCUT2D eigenvalue weighted by Gasteiger charge is 2.29. The highest BCUT2D eigenvalue weighted by Crippen LogP contribution is 2.26. The fourth-order valence-electron chi connectivity index (χ4n) is 11.3. The molecule has 0 spiro atoms. The van der Waals surface area contributed by atoms with Gasteiger partial charge in [0.2, 0.25) is 0 Å². The van der Waals surface area contributed by atoms with Gasteiger partial charge in [0.1, 0.15) is 13.2 Å². The average Bonchev–Trinajstić information content (AvgIpc) is 1.89. The fourth-order valence-corrected chi connectivity index (χ4v) is 14.0. The Morgan fingerprint density at radius 2 is 0.859 bits per heavy atom. The molecule has 99 heavy (non-hydrogen) atoms. The summed E-state index contributed by atoms with van der Waals surface area (Å²) in [5, 5.41) is 21.2. The van der Waals surface area contributed by atoms with E-state index in [2.05, 4.69) is 98.5 Å². The van der Waals surface area contributed by atoms with Gasteiger partial charge >= 0.3 is 24.2 Å². The number of carbonyl (C=O) groups excluding carboxylic acids is 6. The van der Waals surface area contributed by atoms with Crippen LogP contribution in [0, 0.1) is 11.8 Å². The summed E-state index contributed by atoms with van der Waals surface area (Å²) in [7, 11) is 5.27. The molecule has 6 atom stereocenters. The maximum atomic E-state index is 14.0. The Bertz CT molecular complexity index is 3620. The van der Waals surface area contributed by atoms with E-state index in [0.29, 0.717) is 102 Å². The molecule has 24 heteroatoms. The second kappa shape index (κ2) is 42.6. The molecular formula is C75H98N12O8S4. The Morgan fingerprint density at radius 3 is 1.19 bits per heavy atom. The molecule has 4 aromatic heterocycles. The minimum Gasteiger partial charge on any atom is -0.444 e. The van der Waals surface area contributed by atoms with Gasteiger partial charge in [0, 0.05) is 74.0 Å². The molecule has 0 aliphatic heterocycles. The van der Waals surface area contributed by atoms with Crippen molar-refractivity contribution in [3.8, 4) is 0 Å². The number of nitrogens with zero attached hydrogens (tertiary/aromatic N) is 6. The Balaban J connectivity index is 0.000000278. The lowest BCUT2D eigenvalue weighted by atomic mass is 9.86. The topological polar surface area (TPSA) is 265 Å². The lowest BCUT2D eigenvalue weighted by molar-refractivity contribution is -0.122. The van der Waals surface area contributed by atoms with Crippen molar-refractivity contribution in [1.29, 1.82) is 0 Å². The number of nitrogens with one attached hydrogen (secondary N) is 5. The van der Waals surface area contributed by atoms with Crippen LogP contribution in [0.15, 0.2) is 156 Å². The van der Waals surface area contributed by atoms with Crippen LogP contribution in [-0.2, 0) is 71.0 Å². The molecule has 0 aliphatic carbocycles. The lowest BCUT2D eigenvalue weighted by Gasteiger charge is -2.26. The number of urea groups is 2. The van der Waals surface area contributed by atoms with E-state index in [9.17, 15) is 28.8 Å². The number of benzene rings is 4. The number of rotatable bonds is 39. The molecule has 0 fully saturated rings. The molecule has 20 nitrogen and oxygen atoms in total. The Morgan fingerprint density at radius 1 is 0.485 bits per heavy atom. The average molecular weight is 1420 g/mol. The second-order valence-electron chi connectivity index (χ2n) is 25.6. The molecule has 6 amide bonds. The van der Waals surface area contributed by atoms with Gasteiger partial charge in [-0.05, 0) is 118 Å². The summed E-state index contributed by atoms with van der Waals surface area (Å²) in [4.78, 5) is 102. The van der Waals surface area contributed by atoms with Crippen LogP contribution in [0.2, 0.25) is 0 Å². The van der Waals surface area contributed by atoms with Crippen LogP contribution in [0.3, 0.4) is 0 Å². The third-order valence-electron chi connectivity index (χ3n) is 16.6. The largest absolute Gasteiger partial charge is 0.444 e. The predicted octanol–water partition coefficient (Wildman–Crippen LogP) is 13.7. The second-order valence-corrected chi connectivity index (χ2v) is 29.3. The molecule has 0 saturated heterocycles. The first-order valence-electron chi connectivity index (χ1n) is 34.0. The van der Waals surface area contributed by atoms with Crippen LogP contribution in [0.25, 0.3) is 0 Å². The van der Waals surface area contributed by atoms with Gasteiger partial charge in [-0.15, -0.1) is 45.3 Å². The molecule has 7 N–H and O–H groups in total. The normalized spacial score (nSPS) is 13.0. The van der Waals surface area contributed by atoms with E-state index < -0.39 is 24.3 Å². The van der Waals surface area contributed by atoms with Crippen molar-refractivity contribution in [1.82, 2.24) is 56.3 Å². The number of amides is 6. The van der Waals surface area contributed by atoms with Crippen molar-refractivity contribution in [2.75, 3.05) is 34.2 Å². The number of hydrogen-bond acceptors (Lipinski definition) is 18. The van der Waals surface area contributed by atoms with Crippen LogP contribution in [-0.4, -0.2) is 124 Å².